The van der Waals surface area contributed by atoms with Crippen LogP contribution in [0.5, 0.6) is 0 Å². The highest BCUT2D eigenvalue weighted by atomic mass is 32.1. The average molecular weight is 296 g/mol. The predicted molar refractivity (Wildman–Crippen MR) is 68.3 cm³/mol. The molecule has 4 N–H and O–H groups in total. The van der Waals surface area contributed by atoms with Gasteiger partial charge in [0.15, 0.2) is 5.13 Å². The molecule has 1 aromatic heterocycles. The number of nitrogen functional groups attached to an aromatic ring is 1. The van der Waals surface area contributed by atoms with E-state index in [-0.39, 0.29) is 10.7 Å². The van der Waals surface area contributed by atoms with Gasteiger partial charge in [-0.15, -0.1) is 0 Å². The van der Waals surface area contributed by atoms with Gasteiger partial charge in [-0.2, -0.15) is 13.2 Å². The SMILES string of the molecule is CCCNc1nc(N)c(C(=O)NCCC(F)(F)F)s1. The molecule has 5 nitrogen and oxygen atoms in total. The minimum atomic E-state index is -4.29. The molecular formula is C10H15F3N4OS. The van der Waals surface area contributed by atoms with Gasteiger partial charge in [-0.25, -0.2) is 4.98 Å². The first-order chi connectivity index (χ1) is 8.83. The van der Waals surface area contributed by atoms with E-state index in [4.69, 9.17) is 5.73 Å². The summed E-state index contributed by atoms with van der Waals surface area (Å²) in [6.45, 7) is 2.17. The number of halogens is 3. The molecule has 0 atom stereocenters. The largest absolute Gasteiger partial charge is 0.390 e. The number of thiazole rings is 1. The highest BCUT2D eigenvalue weighted by molar-refractivity contribution is 7.18. The Kier molecular flexibility index (Phi) is 5.40. The lowest BCUT2D eigenvalue weighted by Crippen LogP contribution is -2.27. The van der Waals surface area contributed by atoms with E-state index in [1.54, 1.807) is 0 Å². The summed E-state index contributed by atoms with van der Waals surface area (Å²) in [5.41, 5.74) is 5.55. The van der Waals surface area contributed by atoms with Gasteiger partial charge in [0, 0.05) is 13.1 Å². The maximum absolute atomic E-state index is 11.9. The molecule has 1 heterocycles. The van der Waals surface area contributed by atoms with Crippen LogP contribution in [0.1, 0.15) is 29.4 Å². The molecule has 0 saturated heterocycles. The summed E-state index contributed by atoms with van der Waals surface area (Å²) in [6.07, 6.45) is -4.48. The van der Waals surface area contributed by atoms with Crippen LogP contribution in [0.15, 0.2) is 0 Å². The summed E-state index contributed by atoms with van der Waals surface area (Å²) in [7, 11) is 0. The molecule has 0 radical (unpaired) electrons. The van der Waals surface area contributed by atoms with Crippen LogP contribution >= 0.6 is 11.3 Å². The first-order valence-corrected chi connectivity index (χ1v) is 6.50. The summed E-state index contributed by atoms with van der Waals surface area (Å²) in [4.78, 5) is 15.7. The van der Waals surface area contributed by atoms with Crippen molar-refractivity contribution in [2.45, 2.75) is 25.9 Å². The van der Waals surface area contributed by atoms with Crippen molar-refractivity contribution in [3.63, 3.8) is 0 Å². The number of alkyl halides is 3. The minimum Gasteiger partial charge on any atom is -0.382 e. The van der Waals surface area contributed by atoms with E-state index >= 15 is 0 Å². The fourth-order valence-corrected chi connectivity index (χ4v) is 2.03. The van der Waals surface area contributed by atoms with Crippen LogP contribution in [0.25, 0.3) is 0 Å². The molecule has 0 aliphatic heterocycles. The Labute approximate surface area is 112 Å². The van der Waals surface area contributed by atoms with Crippen molar-refractivity contribution in [2.24, 2.45) is 0 Å². The van der Waals surface area contributed by atoms with Gasteiger partial charge in [-0.05, 0) is 6.42 Å². The van der Waals surface area contributed by atoms with Crippen molar-refractivity contribution < 1.29 is 18.0 Å². The van der Waals surface area contributed by atoms with E-state index in [9.17, 15) is 18.0 Å². The summed E-state index contributed by atoms with van der Waals surface area (Å²) in [5, 5.41) is 5.61. The molecule has 0 spiro atoms. The number of nitrogens with two attached hydrogens (primary N) is 1. The van der Waals surface area contributed by atoms with Crippen molar-refractivity contribution in [3.05, 3.63) is 4.88 Å². The zero-order chi connectivity index (χ0) is 14.5. The molecule has 9 heteroatoms. The number of nitrogens with one attached hydrogen (secondary N) is 2. The van der Waals surface area contributed by atoms with Gasteiger partial charge in [0.1, 0.15) is 10.7 Å². The average Bonchev–Trinajstić information content (AvgIpc) is 2.66. The van der Waals surface area contributed by atoms with Crippen molar-refractivity contribution >= 4 is 28.2 Å². The predicted octanol–water partition coefficient (Wildman–Crippen LogP) is 2.23. The first-order valence-electron chi connectivity index (χ1n) is 5.68. The second kappa shape index (κ2) is 6.60. The highest BCUT2D eigenvalue weighted by Crippen LogP contribution is 2.25. The quantitative estimate of drug-likeness (QED) is 0.752. The molecule has 1 rings (SSSR count). The summed E-state index contributed by atoms with van der Waals surface area (Å²) < 4.78 is 35.8. The Morgan fingerprint density at radius 1 is 1.42 bits per heavy atom. The van der Waals surface area contributed by atoms with Crippen molar-refractivity contribution in [3.8, 4) is 0 Å². The molecule has 0 aliphatic rings. The first kappa shape index (κ1) is 15.5. The Morgan fingerprint density at radius 3 is 2.68 bits per heavy atom. The molecule has 0 aliphatic carbocycles. The zero-order valence-corrected chi connectivity index (χ0v) is 11.1. The smallest absolute Gasteiger partial charge is 0.382 e. The number of aromatic nitrogens is 1. The number of hydrogen-bond donors (Lipinski definition) is 3. The van der Waals surface area contributed by atoms with Gasteiger partial charge >= 0.3 is 6.18 Å². The van der Waals surface area contributed by atoms with E-state index in [0.29, 0.717) is 11.7 Å². The Morgan fingerprint density at radius 2 is 2.11 bits per heavy atom. The molecule has 0 fully saturated rings. The molecule has 1 aromatic rings. The monoisotopic (exact) mass is 296 g/mol. The standard InChI is InChI=1S/C10H15F3N4OS/c1-2-4-16-9-17-7(14)6(19-9)8(18)15-5-3-10(11,12)13/h2-5,14H2,1H3,(H,15,18)(H,16,17). The fraction of sp³-hybridized carbons (Fsp3) is 0.600. The molecule has 108 valence electrons. The fourth-order valence-electron chi connectivity index (χ4n) is 1.20. The lowest BCUT2D eigenvalue weighted by atomic mass is 10.4. The highest BCUT2D eigenvalue weighted by Gasteiger charge is 2.27. The number of anilines is 2. The Bertz CT molecular complexity index is 433. The Balaban J connectivity index is 2.54. The summed E-state index contributed by atoms with van der Waals surface area (Å²) in [5.74, 6) is -0.614. The third-order valence-corrected chi connectivity index (χ3v) is 3.11. The van der Waals surface area contributed by atoms with Gasteiger partial charge in [-0.1, -0.05) is 18.3 Å². The number of hydrogen-bond acceptors (Lipinski definition) is 5. The number of carbonyl (C=O) groups excluding carboxylic acids is 1. The molecule has 0 aromatic carbocycles. The van der Waals surface area contributed by atoms with Gasteiger partial charge in [0.25, 0.3) is 5.91 Å². The number of amides is 1. The zero-order valence-electron chi connectivity index (χ0n) is 10.3. The van der Waals surface area contributed by atoms with Crippen LogP contribution in [0.2, 0.25) is 0 Å². The summed E-state index contributed by atoms with van der Waals surface area (Å²) >= 11 is 1.02. The van der Waals surface area contributed by atoms with Crippen molar-refractivity contribution in [1.82, 2.24) is 10.3 Å². The van der Waals surface area contributed by atoms with Gasteiger partial charge in [0.2, 0.25) is 0 Å². The third-order valence-electron chi connectivity index (χ3n) is 2.08. The lowest BCUT2D eigenvalue weighted by Gasteiger charge is -2.06. The van der Waals surface area contributed by atoms with Crippen LogP contribution in [-0.4, -0.2) is 30.2 Å². The van der Waals surface area contributed by atoms with Crippen molar-refractivity contribution in [1.29, 1.82) is 0 Å². The minimum absolute atomic E-state index is 0.0214. The second-order valence-corrected chi connectivity index (χ2v) is 4.78. The van der Waals surface area contributed by atoms with Crippen LogP contribution in [0.3, 0.4) is 0 Å². The molecule has 19 heavy (non-hydrogen) atoms. The molecule has 0 unspecified atom stereocenters. The third kappa shape index (κ3) is 5.33. The van der Waals surface area contributed by atoms with Crippen LogP contribution < -0.4 is 16.4 Å². The van der Waals surface area contributed by atoms with Gasteiger partial charge < -0.3 is 16.4 Å². The van der Waals surface area contributed by atoms with Gasteiger partial charge in [0.05, 0.1) is 6.42 Å². The molecule has 0 saturated carbocycles. The molecule has 1 amide bonds. The second-order valence-electron chi connectivity index (χ2n) is 3.78. The van der Waals surface area contributed by atoms with E-state index in [2.05, 4.69) is 15.6 Å². The van der Waals surface area contributed by atoms with E-state index in [1.165, 1.54) is 0 Å². The van der Waals surface area contributed by atoms with Crippen LogP contribution in [0, 0.1) is 0 Å². The molecule has 0 bridgehead atoms. The van der Waals surface area contributed by atoms with Crippen molar-refractivity contribution in [2.75, 3.05) is 24.1 Å². The van der Waals surface area contributed by atoms with E-state index in [0.717, 1.165) is 17.8 Å². The van der Waals surface area contributed by atoms with Crippen LogP contribution in [0.4, 0.5) is 24.1 Å². The maximum Gasteiger partial charge on any atom is 0.390 e. The molecular weight excluding hydrogens is 281 g/mol. The van der Waals surface area contributed by atoms with Crippen LogP contribution in [-0.2, 0) is 0 Å². The Hall–Kier alpha value is -1.51. The summed E-state index contributed by atoms with van der Waals surface area (Å²) in [6, 6.07) is 0. The lowest BCUT2D eigenvalue weighted by molar-refractivity contribution is -0.132. The number of rotatable bonds is 6. The topological polar surface area (TPSA) is 80.0 Å². The maximum atomic E-state index is 11.9. The van der Waals surface area contributed by atoms with E-state index < -0.39 is 25.0 Å². The van der Waals surface area contributed by atoms with Gasteiger partial charge in [-0.3, -0.25) is 4.79 Å². The number of nitrogens with zero attached hydrogens (tertiary/aromatic N) is 1. The van der Waals surface area contributed by atoms with E-state index in [1.807, 2.05) is 6.92 Å². The number of carbonyl (C=O) groups is 1. The normalized spacial score (nSPS) is 11.4.